The van der Waals surface area contributed by atoms with Gasteiger partial charge in [0.15, 0.2) is 5.78 Å². The third-order valence-electron chi connectivity index (χ3n) is 7.15. The molecule has 3 heterocycles. The Balaban J connectivity index is 1.53. The number of piperidine rings is 1. The van der Waals surface area contributed by atoms with E-state index < -0.39 is 5.54 Å². The molecule has 178 valence electrons. The standard InChI is InChI=1S/C27H26ClN5O2/c1-17(28)6-9-27(13-18-7-10-30-11-8-18)26(35)33(25-21-15-31-16-22(21)25)24(32-27)12-23(34)20-4-2-19(14-29)3-5-20/h2-8,10-12,21-22,25,31-32H,9,13,15-16H2,1H3/b17-6-,24-12+. The first-order valence-electron chi connectivity index (χ1n) is 11.7. The molecule has 2 saturated heterocycles. The molecule has 1 amide bonds. The van der Waals surface area contributed by atoms with E-state index in [2.05, 4.69) is 21.7 Å². The molecule has 2 N–H and O–H groups in total. The van der Waals surface area contributed by atoms with Crippen LogP contribution in [0.3, 0.4) is 0 Å². The molecule has 1 aromatic heterocycles. The Bertz CT molecular complexity index is 1240. The zero-order chi connectivity index (χ0) is 24.6. The fourth-order valence-corrected chi connectivity index (χ4v) is 5.36. The SMILES string of the molecule is C/C(Cl)=C/CC1(Cc2ccncc2)N/C(=C\C(=O)c2ccc(C#N)cc2)N(C2C3CNCC32)C1=O. The molecule has 0 spiro atoms. The van der Waals surface area contributed by atoms with E-state index in [1.807, 2.05) is 23.1 Å². The van der Waals surface area contributed by atoms with Crippen LogP contribution < -0.4 is 10.6 Å². The van der Waals surface area contributed by atoms with Crippen LogP contribution in [-0.2, 0) is 11.2 Å². The molecule has 1 aliphatic carbocycles. The van der Waals surface area contributed by atoms with Gasteiger partial charge < -0.3 is 10.6 Å². The van der Waals surface area contributed by atoms with Crippen molar-refractivity contribution in [1.82, 2.24) is 20.5 Å². The number of rotatable bonds is 7. The number of pyridine rings is 1. The fourth-order valence-electron chi connectivity index (χ4n) is 5.28. The van der Waals surface area contributed by atoms with Crippen molar-refractivity contribution in [3.05, 3.63) is 88.5 Å². The highest BCUT2D eigenvalue weighted by molar-refractivity contribution is 6.29. The van der Waals surface area contributed by atoms with E-state index in [1.54, 1.807) is 43.6 Å². The zero-order valence-corrected chi connectivity index (χ0v) is 20.1. The minimum Gasteiger partial charge on any atom is -0.357 e. The average molecular weight is 488 g/mol. The topological polar surface area (TPSA) is 98.1 Å². The Morgan fingerprint density at radius 1 is 1.23 bits per heavy atom. The van der Waals surface area contributed by atoms with E-state index in [0.29, 0.717) is 46.7 Å². The van der Waals surface area contributed by atoms with Crippen LogP contribution >= 0.6 is 11.6 Å². The normalized spacial score (nSPS) is 28.5. The third-order valence-corrected chi connectivity index (χ3v) is 7.31. The maximum atomic E-state index is 14.1. The third kappa shape index (κ3) is 4.47. The first-order valence-corrected chi connectivity index (χ1v) is 12.1. The van der Waals surface area contributed by atoms with Gasteiger partial charge in [-0.2, -0.15) is 5.26 Å². The summed E-state index contributed by atoms with van der Waals surface area (Å²) in [6, 6.07) is 12.4. The Hall–Kier alpha value is -3.47. The summed E-state index contributed by atoms with van der Waals surface area (Å²) in [4.78, 5) is 33.2. The second-order valence-corrected chi connectivity index (χ2v) is 10.1. The van der Waals surface area contributed by atoms with Crippen LogP contribution in [0.5, 0.6) is 0 Å². The number of allylic oxidation sites excluding steroid dienone is 2. The predicted molar refractivity (Wildman–Crippen MR) is 132 cm³/mol. The highest BCUT2D eigenvalue weighted by atomic mass is 35.5. The van der Waals surface area contributed by atoms with E-state index in [4.69, 9.17) is 16.9 Å². The van der Waals surface area contributed by atoms with Crippen LogP contribution in [0.2, 0.25) is 0 Å². The molecule has 3 unspecified atom stereocenters. The minimum atomic E-state index is -0.960. The predicted octanol–water partition coefficient (Wildman–Crippen LogP) is 3.14. The number of nitriles is 1. The van der Waals surface area contributed by atoms with Gasteiger partial charge in [-0.25, -0.2) is 0 Å². The summed E-state index contributed by atoms with van der Waals surface area (Å²) in [5.41, 5.74) is 0.964. The first kappa shape index (κ1) is 23.3. The number of fused-ring (bicyclic) bond motifs is 1. The molecule has 35 heavy (non-hydrogen) atoms. The number of carbonyl (C=O) groups is 2. The Morgan fingerprint density at radius 3 is 2.54 bits per heavy atom. The van der Waals surface area contributed by atoms with E-state index >= 15 is 0 Å². The first-order chi connectivity index (χ1) is 16.9. The summed E-state index contributed by atoms with van der Waals surface area (Å²) < 4.78 is 0. The largest absolute Gasteiger partial charge is 0.357 e. The molecule has 3 atom stereocenters. The molecule has 1 saturated carbocycles. The summed E-state index contributed by atoms with van der Waals surface area (Å²) in [6.07, 6.45) is 7.63. The van der Waals surface area contributed by atoms with Gasteiger partial charge in [-0.1, -0.05) is 17.7 Å². The highest BCUT2D eigenvalue weighted by Gasteiger charge is 2.62. The van der Waals surface area contributed by atoms with Crippen molar-refractivity contribution in [1.29, 1.82) is 5.26 Å². The quantitative estimate of drug-likeness (QED) is 0.460. The number of ketones is 1. The molecule has 0 radical (unpaired) electrons. The zero-order valence-electron chi connectivity index (χ0n) is 19.4. The lowest BCUT2D eigenvalue weighted by atomic mass is 9.87. The molecule has 5 rings (SSSR count). The summed E-state index contributed by atoms with van der Waals surface area (Å²) in [7, 11) is 0. The van der Waals surface area contributed by atoms with Crippen LogP contribution in [0, 0.1) is 23.2 Å². The van der Waals surface area contributed by atoms with Gasteiger partial charge in [0.1, 0.15) is 11.4 Å². The molecule has 1 aromatic carbocycles. The lowest BCUT2D eigenvalue weighted by Gasteiger charge is -2.27. The number of benzene rings is 1. The molecular formula is C27H26ClN5O2. The van der Waals surface area contributed by atoms with Crippen LogP contribution in [0.1, 0.15) is 34.8 Å². The summed E-state index contributed by atoms with van der Waals surface area (Å²) >= 11 is 6.18. The molecule has 2 aliphatic heterocycles. The van der Waals surface area contributed by atoms with Crippen LogP contribution in [0.15, 0.2) is 71.8 Å². The Kier molecular flexibility index (Phi) is 6.18. The van der Waals surface area contributed by atoms with Crippen LogP contribution in [-0.4, -0.2) is 46.2 Å². The van der Waals surface area contributed by atoms with Crippen molar-refractivity contribution in [3.63, 3.8) is 0 Å². The van der Waals surface area contributed by atoms with Gasteiger partial charge in [0.25, 0.3) is 5.91 Å². The molecule has 8 heteroatoms. The number of aromatic nitrogens is 1. The van der Waals surface area contributed by atoms with E-state index in [9.17, 15) is 9.59 Å². The van der Waals surface area contributed by atoms with Crippen LogP contribution in [0.25, 0.3) is 0 Å². The van der Waals surface area contributed by atoms with Crippen molar-refractivity contribution in [2.45, 2.75) is 31.3 Å². The molecule has 0 bridgehead atoms. The smallest absolute Gasteiger partial charge is 0.254 e. The number of amides is 1. The lowest BCUT2D eigenvalue weighted by Crippen LogP contribution is -2.49. The maximum absolute atomic E-state index is 14.1. The maximum Gasteiger partial charge on any atom is 0.254 e. The number of hydrogen-bond donors (Lipinski definition) is 2. The number of hydrogen-bond acceptors (Lipinski definition) is 6. The fraction of sp³-hybridized carbons (Fsp3) is 0.333. The number of nitrogens with zero attached hydrogens (tertiary/aromatic N) is 3. The van der Waals surface area contributed by atoms with Gasteiger partial charge in [0.2, 0.25) is 0 Å². The average Bonchev–Trinajstić information content (AvgIpc) is 3.19. The molecule has 2 aromatic rings. The van der Waals surface area contributed by atoms with Gasteiger partial charge >= 0.3 is 0 Å². The van der Waals surface area contributed by atoms with E-state index in [1.165, 1.54) is 6.08 Å². The second-order valence-electron chi connectivity index (χ2n) is 9.47. The molecule has 3 aliphatic rings. The Labute approximate surface area is 209 Å². The van der Waals surface area contributed by atoms with Gasteiger partial charge in [-0.15, -0.1) is 0 Å². The summed E-state index contributed by atoms with van der Waals surface area (Å²) in [5.74, 6) is 1.04. The Morgan fingerprint density at radius 2 is 1.91 bits per heavy atom. The highest BCUT2D eigenvalue weighted by Crippen LogP contribution is 2.49. The van der Waals surface area contributed by atoms with Gasteiger partial charge in [0.05, 0.1) is 11.6 Å². The summed E-state index contributed by atoms with van der Waals surface area (Å²) in [6.45, 7) is 3.53. The molecule has 7 nitrogen and oxygen atoms in total. The summed E-state index contributed by atoms with van der Waals surface area (Å²) in [5, 5.41) is 16.5. The van der Waals surface area contributed by atoms with E-state index in [0.717, 1.165) is 18.7 Å². The lowest BCUT2D eigenvalue weighted by molar-refractivity contribution is -0.132. The van der Waals surface area contributed by atoms with Gasteiger partial charge in [-0.3, -0.25) is 19.5 Å². The van der Waals surface area contributed by atoms with Gasteiger partial charge in [-0.05, 0) is 67.1 Å². The number of halogens is 1. The van der Waals surface area contributed by atoms with Crippen molar-refractivity contribution in [2.75, 3.05) is 13.1 Å². The van der Waals surface area contributed by atoms with Crippen molar-refractivity contribution < 1.29 is 9.59 Å². The van der Waals surface area contributed by atoms with Gasteiger partial charge in [0, 0.05) is 54.6 Å². The van der Waals surface area contributed by atoms with Crippen molar-refractivity contribution in [2.24, 2.45) is 11.8 Å². The monoisotopic (exact) mass is 487 g/mol. The number of nitrogens with one attached hydrogen (secondary N) is 2. The second kappa shape index (κ2) is 9.29. The van der Waals surface area contributed by atoms with Crippen LogP contribution in [0.4, 0.5) is 0 Å². The number of carbonyl (C=O) groups excluding carboxylic acids is 2. The van der Waals surface area contributed by atoms with Crippen molar-refractivity contribution in [3.8, 4) is 6.07 Å². The van der Waals surface area contributed by atoms with E-state index in [-0.39, 0.29) is 17.7 Å². The molecule has 3 fully saturated rings. The van der Waals surface area contributed by atoms with Crippen molar-refractivity contribution >= 4 is 23.3 Å². The minimum absolute atomic E-state index is 0.0400. The molecular weight excluding hydrogens is 462 g/mol.